The summed E-state index contributed by atoms with van der Waals surface area (Å²) in [5.74, 6) is -0.676. The Morgan fingerprint density at radius 3 is 2.60 bits per heavy atom. The average molecular weight is 159 g/mol. The maximum atomic E-state index is 12.5. The maximum Gasteiger partial charge on any atom is 0.147 e. The van der Waals surface area contributed by atoms with Crippen LogP contribution >= 0.6 is 12.6 Å². The third-order valence-corrected chi connectivity index (χ3v) is 1.45. The number of benzene rings is 1. The molecule has 0 atom stereocenters. The highest BCUT2D eigenvalue weighted by molar-refractivity contribution is 7.80. The molecule has 3 N–H and O–H groups in total. The van der Waals surface area contributed by atoms with Gasteiger partial charge >= 0.3 is 0 Å². The molecule has 1 aromatic rings. The molecule has 4 heteroatoms. The number of thiol groups is 1. The summed E-state index contributed by atoms with van der Waals surface area (Å²) in [6.45, 7) is 0. The third kappa shape index (κ3) is 1.16. The van der Waals surface area contributed by atoms with E-state index in [1.54, 1.807) is 0 Å². The van der Waals surface area contributed by atoms with Crippen molar-refractivity contribution >= 4 is 18.3 Å². The molecule has 0 bridgehead atoms. The Balaban J connectivity index is 3.28. The number of nitrogen functional groups attached to an aromatic ring is 1. The summed E-state index contributed by atoms with van der Waals surface area (Å²) >= 11 is 3.77. The van der Waals surface area contributed by atoms with E-state index in [-0.39, 0.29) is 16.3 Å². The number of phenols is 1. The van der Waals surface area contributed by atoms with Crippen molar-refractivity contribution in [3.05, 3.63) is 17.9 Å². The maximum absolute atomic E-state index is 12.5. The molecule has 0 aliphatic heterocycles. The molecule has 0 unspecified atom stereocenters. The Morgan fingerprint density at radius 1 is 1.50 bits per heavy atom. The summed E-state index contributed by atoms with van der Waals surface area (Å²) in [5.41, 5.74) is 5.05. The zero-order valence-electron chi connectivity index (χ0n) is 5.00. The average Bonchev–Trinajstić information content (AvgIpc) is 1.84. The van der Waals surface area contributed by atoms with Gasteiger partial charge in [-0.05, 0) is 6.07 Å². The van der Waals surface area contributed by atoms with Gasteiger partial charge in [0.05, 0.1) is 5.69 Å². The summed E-state index contributed by atoms with van der Waals surface area (Å²) in [5, 5.41) is 8.90. The second-order valence-corrected chi connectivity index (χ2v) is 2.34. The lowest BCUT2D eigenvalue weighted by molar-refractivity contribution is 0.460. The zero-order valence-corrected chi connectivity index (χ0v) is 5.90. The van der Waals surface area contributed by atoms with Gasteiger partial charge in [-0.3, -0.25) is 0 Å². The number of phenolic OH excluding ortho intramolecular Hbond substituents is 1. The molecule has 0 aromatic heterocycles. The Bertz CT molecular complexity index is 214. The van der Waals surface area contributed by atoms with Gasteiger partial charge in [0.2, 0.25) is 0 Å². The van der Waals surface area contributed by atoms with Gasteiger partial charge in [-0.1, -0.05) is 0 Å². The molecule has 2 nitrogen and oxygen atoms in total. The van der Waals surface area contributed by atoms with Crippen LogP contribution in [-0.2, 0) is 0 Å². The number of aromatic hydroxyl groups is 1. The quantitative estimate of drug-likeness (QED) is 0.396. The third-order valence-electron chi connectivity index (χ3n) is 1.09. The second kappa shape index (κ2) is 2.38. The lowest BCUT2D eigenvalue weighted by Crippen LogP contribution is -1.89. The fraction of sp³-hybridized carbons (Fsp3) is 0. The lowest BCUT2D eigenvalue weighted by Gasteiger charge is -1.99. The predicted molar refractivity (Wildman–Crippen MR) is 39.7 cm³/mol. The Labute approximate surface area is 62.9 Å². The van der Waals surface area contributed by atoms with Crippen molar-refractivity contribution in [2.75, 3.05) is 5.73 Å². The lowest BCUT2D eigenvalue weighted by atomic mass is 10.3. The monoisotopic (exact) mass is 159 g/mol. The highest BCUT2D eigenvalue weighted by Gasteiger charge is 2.02. The Morgan fingerprint density at radius 2 is 2.10 bits per heavy atom. The zero-order chi connectivity index (χ0) is 7.72. The molecule has 0 aliphatic rings. The molecule has 0 heterocycles. The Hall–Kier alpha value is -0.900. The van der Waals surface area contributed by atoms with E-state index in [2.05, 4.69) is 12.6 Å². The van der Waals surface area contributed by atoms with E-state index in [9.17, 15) is 4.39 Å². The minimum absolute atomic E-state index is 0.0738. The normalized spacial score (nSPS) is 9.80. The first-order valence-electron chi connectivity index (χ1n) is 2.58. The van der Waals surface area contributed by atoms with Crippen LogP contribution < -0.4 is 5.73 Å². The van der Waals surface area contributed by atoms with Gasteiger partial charge in [-0.25, -0.2) is 4.39 Å². The van der Waals surface area contributed by atoms with E-state index in [0.29, 0.717) is 0 Å². The van der Waals surface area contributed by atoms with Gasteiger partial charge < -0.3 is 10.8 Å². The topological polar surface area (TPSA) is 46.2 Å². The molecule has 0 saturated heterocycles. The highest BCUT2D eigenvalue weighted by atomic mass is 32.1. The van der Waals surface area contributed by atoms with Crippen LogP contribution in [0, 0.1) is 5.82 Å². The molecule has 10 heavy (non-hydrogen) atoms. The van der Waals surface area contributed by atoms with Crippen molar-refractivity contribution in [3.8, 4) is 5.75 Å². The van der Waals surface area contributed by atoms with Crippen LogP contribution in [0.4, 0.5) is 10.1 Å². The van der Waals surface area contributed by atoms with E-state index in [1.807, 2.05) is 0 Å². The first kappa shape index (κ1) is 7.21. The first-order valence-corrected chi connectivity index (χ1v) is 3.03. The van der Waals surface area contributed by atoms with Crippen LogP contribution in [-0.4, -0.2) is 5.11 Å². The number of hydrogen-bond acceptors (Lipinski definition) is 3. The first-order chi connectivity index (χ1) is 4.61. The van der Waals surface area contributed by atoms with Crippen molar-refractivity contribution in [3.63, 3.8) is 0 Å². The number of anilines is 1. The van der Waals surface area contributed by atoms with Crippen molar-refractivity contribution in [2.45, 2.75) is 4.90 Å². The highest BCUT2D eigenvalue weighted by Crippen LogP contribution is 2.25. The number of rotatable bonds is 0. The largest absolute Gasteiger partial charge is 0.507 e. The minimum atomic E-state index is -0.567. The number of halogens is 1. The smallest absolute Gasteiger partial charge is 0.147 e. The molecular formula is C6H6FNOS. The molecule has 0 saturated carbocycles. The molecule has 54 valence electrons. The summed E-state index contributed by atoms with van der Waals surface area (Å²) in [6.07, 6.45) is 0. The molecule has 0 radical (unpaired) electrons. The summed E-state index contributed by atoms with van der Waals surface area (Å²) in [6, 6.07) is 2.19. The Kier molecular flexibility index (Phi) is 1.72. The van der Waals surface area contributed by atoms with Crippen LogP contribution in [0.3, 0.4) is 0 Å². The van der Waals surface area contributed by atoms with E-state index >= 15 is 0 Å². The van der Waals surface area contributed by atoms with Crippen molar-refractivity contribution in [1.29, 1.82) is 0 Å². The van der Waals surface area contributed by atoms with Crippen LogP contribution in [0.25, 0.3) is 0 Å². The number of nitrogens with two attached hydrogens (primary N) is 1. The minimum Gasteiger partial charge on any atom is -0.507 e. The molecule has 1 rings (SSSR count). The summed E-state index contributed by atoms with van der Waals surface area (Å²) in [4.78, 5) is 0.187. The van der Waals surface area contributed by atoms with E-state index in [0.717, 1.165) is 12.1 Å². The summed E-state index contributed by atoms with van der Waals surface area (Å²) in [7, 11) is 0. The molecule has 0 spiro atoms. The molecule has 0 fully saturated rings. The molecule has 1 aromatic carbocycles. The fourth-order valence-corrected chi connectivity index (χ4v) is 0.745. The van der Waals surface area contributed by atoms with Gasteiger partial charge in [0.15, 0.2) is 0 Å². The van der Waals surface area contributed by atoms with Gasteiger partial charge in [0, 0.05) is 11.0 Å². The van der Waals surface area contributed by atoms with Crippen molar-refractivity contribution in [2.24, 2.45) is 0 Å². The van der Waals surface area contributed by atoms with Gasteiger partial charge in [0.1, 0.15) is 11.6 Å². The fourth-order valence-electron chi connectivity index (χ4n) is 0.567. The van der Waals surface area contributed by atoms with Gasteiger partial charge in [-0.2, -0.15) is 0 Å². The molecular weight excluding hydrogens is 153 g/mol. The van der Waals surface area contributed by atoms with Crippen molar-refractivity contribution < 1.29 is 9.50 Å². The second-order valence-electron chi connectivity index (χ2n) is 1.86. The van der Waals surface area contributed by atoms with Gasteiger partial charge in [-0.15, -0.1) is 12.6 Å². The van der Waals surface area contributed by atoms with E-state index < -0.39 is 5.82 Å². The van der Waals surface area contributed by atoms with E-state index in [1.165, 1.54) is 0 Å². The summed E-state index contributed by atoms with van der Waals surface area (Å²) < 4.78 is 12.5. The molecule has 0 aliphatic carbocycles. The van der Waals surface area contributed by atoms with Crippen LogP contribution in [0.2, 0.25) is 0 Å². The van der Waals surface area contributed by atoms with Crippen LogP contribution in [0.1, 0.15) is 0 Å². The van der Waals surface area contributed by atoms with E-state index in [4.69, 9.17) is 10.8 Å². The van der Waals surface area contributed by atoms with Crippen LogP contribution in [0.15, 0.2) is 17.0 Å². The van der Waals surface area contributed by atoms with Crippen LogP contribution in [0.5, 0.6) is 5.75 Å². The standard InChI is InChI=1S/C6H6FNOS/c7-3-1-6(10)5(9)2-4(3)8/h1-2,9-10H,8H2. The predicted octanol–water partition coefficient (Wildman–Crippen LogP) is 1.40. The van der Waals surface area contributed by atoms with Gasteiger partial charge in [0.25, 0.3) is 0 Å². The van der Waals surface area contributed by atoms with Crippen molar-refractivity contribution in [1.82, 2.24) is 0 Å². The SMILES string of the molecule is Nc1cc(O)c(S)cc1F. The molecule has 0 amide bonds. The number of hydrogen-bond donors (Lipinski definition) is 3.